The summed E-state index contributed by atoms with van der Waals surface area (Å²) in [6.45, 7) is 9.64. The van der Waals surface area contributed by atoms with E-state index < -0.39 is 0 Å². The van der Waals surface area contributed by atoms with Gasteiger partial charge in [0.25, 0.3) is 11.5 Å². The van der Waals surface area contributed by atoms with Gasteiger partial charge in [0.05, 0.1) is 10.5 Å². The first-order valence-electron chi connectivity index (χ1n) is 11.4. The number of rotatable bonds is 10. The number of thiocarbonyl (C=S) groups is 1. The first-order chi connectivity index (χ1) is 15.4. The highest BCUT2D eigenvalue weighted by molar-refractivity contribution is 8.26. The number of hydrogen-bond donors (Lipinski definition) is 1. The van der Waals surface area contributed by atoms with Crippen LogP contribution >= 0.6 is 24.0 Å². The summed E-state index contributed by atoms with van der Waals surface area (Å²) in [7, 11) is 0. The molecule has 1 fully saturated rings. The van der Waals surface area contributed by atoms with Crippen LogP contribution in [-0.2, 0) is 4.79 Å². The summed E-state index contributed by atoms with van der Waals surface area (Å²) in [5.74, 6) is 0.806. The number of carbonyl (C=O) groups is 1. The molecule has 1 amide bonds. The smallest absolute Gasteiger partial charge is 0.267 e. The lowest BCUT2D eigenvalue weighted by molar-refractivity contribution is -0.122. The zero-order chi connectivity index (χ0) is 23.3. The Balaban J connectivity index is 1.98. The Labute approximate surface area is 199 Å². The second-order valence-electron chi connectivity index (χ2n) is 8.25. The Bertz CT molecular complexity index is 1090. The van der Waals surface area contributed by atoms with Crippen molar-refractivity contribution in [2.24, 2.45) is 5.92 Å². The molecule has 0 spiro atoms. The molecule has 3 rings (SSSR count). The first kappa shape index (κ1) is 24.5. The van der Waals surface area contributed by atoms with Gasteiger partial charge in [0.15, 0.2) is 0 Å². The third kappa shape index (κ3) is 5.41. The number of aromatic nitrogens is 2. The Morgan fingerprint density at radius 2 is 2.00 bits per heavy atom. The molecule has 1 N–H and O–H groups in total. The summed E-state index contributed by atoms with van der Waals surface area (Å²) < 4.78 is 2.10. The number of anilines is 1. The number of unbranched alkanes of at least 4 members (excludes halogenated alkanes) is 1. The molecule has 0 radical (unpaired) electrons. The fraction of sp³-hybridized carbons (Fsp3) is 0.500. The molecule has 2 aromatic heterocycles. The summed E-state index contributed by atoms with van der Waals surface area (Å²) in [6, 6.07) is 3.76. The Kier molecular flexibility index (Phi) is 8.48. The van der Waals surface area contributed by atoms with Crippen LogP contribution in [0.4, 0.5) is 5.82 Å². The topological polar surface area (TPSA) is 66.7 Å². The van der Waals surface area contributed by atoms with Crippen molar-refractivity contribution in [1.29, 1.82) is 0 Å². The van der Waals surface area contributed by atoms with Crippen LogP contribution in [0, 0.1) is 12.8 Å². The molecule has 1 unspecified atom stereocenters. The highest BCUT2D eigenvalue weighted by Gasteiger charge is 2.33. The number of fused-ring (bicyclic) bond motifs is 1. The Morgan fingerprint density at radius 1 is 1.22 bits per heavy atom. The van der Waals surface area contributed by atoms with E-state index >= 15 is 0 Å². The zero-order valence-electron chi connectivity index (χ0n) is 19.3. The number of hydrogen-bond acceptors (Lipinski definition) is 6. The van der Waals surface area contributed by atoms with E-state index in [-0.39, 0.29) is 11.5 Å². The lowest BCUT2D eigenvalue weighted by atomic mass is 9.99. The van der Waals surface area contributed by atoms with Gasteiger partial charge in [-0.1, -0.05) is 70.1 Å². The predicted octanol–water partition coefficient (Wildman–Crippen LogP) is 5.24. The molecule has 8 heteroatoms. The fourth-order valence-corrected chi connectivity index (χ4v) is 4.99. The van der Waals surface area contributed by atoms with Crippen molar-refractivity contribution in [2.45, 2.75) is 59.8 Å². The van der Waals surface area contributed by atoms with Crippen LogP contribution in [0.25, 0.3) is 11.7 Å². The minimum Gasteiger partial charge on any atom is -0.369 e. The van der Waals surface area contributed by atoms with Gasteiger partial charge in [-0.15, -0.1) is 0 Å². The molecule has 1 aliphatic rings. The maximum atomic E-state index is 13.3. The zero-order valence-corrected chi connectivity index (χ0v) is 20.9. The van der Waals surface area contributed by atoms with Crippen molar-refractivity contribution in [3.63, 3.8) is 0 Å². The standard InChI is InChI=1S/C24H32N4O2S2/c1-5-8-9-17(7-3)15-28-23(30)19(32-24(28)31)13-18-21(25-12-6-2)26-20-11-10-16(4)14-27(20)22(18)29/h10-11,13-14,17,25H,5-9,12,15H2,1-4H3/b19-13+. The third-order valence-corrected chi connectivity index (χ3v) is 7.06. The molecular weight excluding hydrogens is 440 g/mol. The molecule has 2 aromatic rings. The van der Waals surface area contributed by atoms with Crippen LogP contribution in [0.15, 0.2) is 28.0 Å². The van der Waals surface area contributed by atoms with Crippen molar-refractivity contribution < 1.29 is 4.79 Å². The van der Waals surface area contributed by atoms with Gasteiger partial charge in [-0.05, 0) is 43.4 Å². The summed E-state index contributed by atoms with van der Waals surface area (Å²) in [4.78, 5) is 33.4. The van der Waals surface area contributed by atoms with Crippen LogP contribution in [0.2, 0.25) is 0 Å². The van der Waals surface area contributed by atoms with Gasteiger partial charge in [-0.25, -0.2) is 4.98 Å². The number of thioether (sulfide) groups is 1. The van der Waals surface area contributed by atoms with Crippen LogP contribution in [-0.4, -0.2) is 37.6 Å². The van der Waals surface area contributed by atoms with E-state index in [2.05, 4.69) is 31.1 Å². The molecule has 1 aliphatic heterocycles. The number of nitrogens with one attached hydrogen (secondary N) is 1. The van der Waals surface area contributed by atoms with E-state index in [1.54, 1.807) is 17.2 Å². The Morgan fingerprint density at radius 3 is 2.69 bits per heavy atom. The molecule has 1 saturated heterocycles. The van der Waals surface area contributed by atoms with E-state index in [1.807, 2.05) is 19.1 Å². The molecule has 6 nitrogen and oxygen atoms in total. The summed E-state index contributed by atoms with van der Waals surface area (Å²) in [5.41, 5.74) is 1.73. The van der Waals surface area contributed by atoms with E-state index in [0.717, 1.165) is 37.7 Å². The molecule has 0 saturated carbocycles. The van der Waals surface area contributed by atoms with Crippen molar-refractivity contribution in [3.05, 3.63) is 44.7 Å². The fourth-order valence-electron chi connectivity index (χ4n) is 3.73. The Hall–Kier alpha value is -2.19. The van der Waals surface area contributed by atoms with Crippen LogP contribution in [0.3, 0.4) is 0 Å². The lowest BCUT2D eigenvalue weighted by Crippen LogP contribution is -2.33. The van der Waals surface area contributed by atoms with Crippen molar-refractivity contribution in [3.8, 4) is 0 Å². The summed E-state index contributed by atoms with van der Waals surface area (Å²) in [5, 5.41) is 3.25. The maximum Gasteiger partial charge on any atom is 0.267 e. The van der Waals surface area contributed by atoms with E-state index in [9.17, 15) is 9.59 Å². The number of nitrogens with zero attached hydrogens (tertiary/aromatic N) is 3. The molecule has 0 aliphatic carbocycles. The van der Waals surface area contributed by atoms with E-state index in [0.29, 0.717) is 45.3 Å². The van der Waals surface area contributed by atoms with Crippen molar-refractivity contribution in [2.75, 3.05) is 18.4 Å². The summed E-state index contributed by atoms with van der Waals surface area (Å²) in [6.07, 6.45) is 8.71. The predicted molar refractivity (Wildman–Crippen MR) is 138 cm³/mol. The molecule has 3 heterocycles. The molecule has 172 valence electrons. The molecule has 32 heavy (non-hydrogen) atoms. The number of carbonyl (C=O) groups excluding carboxylic acids is 1. The van der Waals surface area contributed by atoms with Gasteiger partial charge in [0.2, 0.25) is 0 Å². The minimum atomic E-state index is -0.197. The van der Waals surface area contributed by atoms with Crippen LogP contribution < -0.4 is 10.9 Å². The first-order valence-corrected chi connectivity index (χ1v) is 12.6. The van der Waals surface area contributed by atoms with Gasteiger partial charge in [0.1, 0.15) is 15.8 Å². The molecule has 0 bridgehead atoms. The second-order valence-corrected chi connectivity index (χ2v) is 9.93. The molecule has 0 aromatic carbocycles. The van der Waals surface area contributed by atoms with Gasteiger partial charge in [0, 0.05) is 19.3 Å². The van der Waals surface area contributed by atoms with E-state index in [1.165, 1.54) is 16.2 Å². The average molecular weight is 473 g/mol. The van der Waals surface area contributed by atoms with Crippen LogP contribution in [0.5, 0.6) is 0 Å². The highest BCUT2D eigenvalue weighted by Crippen LogP contribution is 2.34. The highest BCUT2D eigenvalue weighted by atomic mass is 32.2. The van der Waals surface area contributed by atoms with Gasteiger partial charge in [-0.3, -0.25) is 18.9 Å². The van der Waals surface area contributed by atoms with Crippen molar-refractivity contribution in [1.82, 2.24) is 14.3 Å². The third-order valence-electron chi connectivity index (χ3n) is 5.68. The number of aryl methyl sites for hydroxylation is 1. The molecule has 1 atom stereocenters. The number of amides is 1. The normalized spacial score (nSPS) is 16.4. The monoisotopic (exact) mass is 472 g/mol. The van der Waals surface area contributed by atoms with Crippen LogP contribution in [0.1, 0.15) is 64.0 Å². The second kappa shape index (κ2) is 11.1. The quantitative estimate of drug-likeness (QED) is 0.377. The van der Waals surface area contributed by atoms with Gasteiger partial charge < -0.3 is 5.32 Å². The van der Waals surface area contributed by atoms with Gasteiger partial charge in [-0.2, -0.15) is 0 Å². The summed E-state index contributed by atoms with van der Waals surface area (Å²) >= 11 is 6.80. The maximum absolute atomic E-state index is 13.3. The van der Waals surface area contributed by atoms with Crippen molar-refractivity contribution >= 4 is 51.7 Å². The molecular formula is C24H32N4O2S2. The van der Waals surface area contributed by atoms with E-state index in [4.69, 9.17) is 12.2 Å². The lowest BCUT2D eigenvalue weighted by Gasteiger charge is -2.21. The minimum absolute atomic E-state index is 0.120. The van der Waals surface area contributed by atoms with Gasteiger partial charge >= 0.3 is 0 Å². The number of pyridine rings is 1. The SMILES string of the molecule is CCCCC(CC)CN1C(=O)/C(=C\c2c(NCCC)nc3ccc(C)cn3c2=O)SC1=S. The largest absolute Gasteiger partial charge is 0.369 e. The average Bonchev–Trinajstić information content (AvgIpc) is 3.04.